The number of ketones is 2. The summed E-state index contributed by atoms with van der Waals surface area (Å²) in [5.41, 5.74) is 0.932. The van der Waals surface area contributed by atoms with Gasteiger partial charge in [0.05, 0.1) is 0 Å². The Morgan fingerprint density at radius 2 is 1.70 bits per heavy atom. The Hall–Kier alpha value is -2.23. The topological polar surface area (TPSA) is 43.4 Å². The van der Waals surface area contributed by atoms with Crippen LogP contribution < -0.4 is 0 Å². The molecule has 0 N–H and O–H groups in total. The number of benzene rings is 1. The van der Waals surface area contributed by atoms with Crippen molar-refractivity contribution in [2.75, 3.05) is 0 Å². The third-order valence-electron chi connectivity index (χ3n) is 6.26. The number of carbonyl (C=O) groups excluding carboxylic acids is 2. The average molecular weight is 368 g/mol. The Kier molecular flexibility index (Phi) is 3.95. The molecular formula is C23H25FO3. The van der Waals surface area contributed by atoms with E-state index in [-0.39, 0.29) is 22.8 Å². The molecule has 2 aliphatic carbocycles. The maximum atomic E-state index is 14.0. The summed E-state index contributed by atoms with van der Waals surface area (Å²) in [4.78, 5) is 26.3. The molecule has 0 aromatic heterocycles. The van der Waals surface area contributed by atoms with Crippen LogP contribution in [-0.2, 0) is 14.3 Å². The molecule has 0 fully saturated rings. The van der Waals surface area contributed by atoms with Crippen LogP contribution in [0.4, 0.5) is 4.39 Å². The quantitative estimate of drug-likeness (QED) is 0.682. The highest BCUT2D eigenvalue weighted by Crippen LogP contribution is 2.54. The lowest BCUT2D eigenvalue weighted by atomic mass is 9.64. The summed E-state index contributed by atoms with van der Waals surface area (Å²) in [5.74, 6) is 0.420. The first kappa shape index (κ1) is 18.1. The molecule has 1 aliphatic heterocycles. The van der Waals surface area contributed by atoms with Crippen molar-refractivity contribution in [1.29, 1.82) is 0 Å². The Balaban J connectivity index is 1.98. The van der Waals surface area contributed by atoms with E-state index in [9.17, 15) is 14.0 Å². The molecule has 1 aromatic rings. The van der Waals surface area contributed by atoms with Crippen LogP contribution in [0.2, 0.25) is 0 Å². The van der Waals surface area contributed by atoms with Gasteiger partial charge in [-0.2, -0.15) is 0 Å². The Morgan fingerprint density at radius 3 is 2.41 bits per heavy atom. The van der Waals surface area contributed by atoms with Gasteiger partial charge >= 0.3 is 0 Å². The largest absolute Gasteiger partial charge is 0.465 e. The van der Waals surface area contributed by atoms with Crippen LogP contribution in [0.5, 0.6) is 0 Å². The summed E-state index contributed by atoms with van der Waals surface area (Å²) in [5, 5.41) is 0. The van der Waals surface area contributed by atoms with E-state index in [1.54, 1.807) is 12.1 Å². The summed E-state index contributed by atoms with van der Waals surface area (Å²) >= 11 is 0. The van der Waals surface area contributed by atoms with Gasteiger partial charge in [-0.25, -0.2) is 4.39 Å². The zero-order valence-electron chi connectivity index (χ0n) is 16.3. The SMILES string of the molecule is CC1(C)CCC2=C(C1=O)C(c1cccc(F)c1)C1=C(O2)C(C)(C)CCC1=O. The average Bonchev–Trinajstić information content (AvgIpc) is 2.60. The number of Topliss-reactive ketones (excluding diaryl/α,β-unsaturated/α-hetero) is 2. The van der Waals surface area contributed by atoms with Crippen LogP contribution in [0.15, 0.2) is 46.9 Å². The fraction of sp³-hybridized carbons (Fsp3) is 0.478. The third-order valence-corrected chi connectivity index (χ3v) is 6.26. The van der Waals surface area contributed by atoms with E-state index in [1.165, 1.54) is 12.1 Å². The van der Waals surface area contributed by atoms with Crippen molar-refractivity contribution in [1.82, 2.24) is 0 Å². The number of carbonyl (C=O) groups is 2. The van der Waals surface area contributed by atoms with Crippen molar-refractivity contribution < 1.29 is 18.7 Å². The minimum atomic E-state index is -0.543. The summed E-state index contributed by atoms with van der Waals surface area (Å²) in [7, 11) is 0. The molecule has 0 radical (unpaired) electrons. The normalized spacial score (nSPS) is 26.5. The smallest absolute Gasteiger partial charge is 0.168 e. The molecule has 0 spiro atoms. The van der Waals surface area contributed by atoms with Gasteiger partial charge in [0.1, 0.15) is 17.3 Å². The lowest BCUT2D eigenvalue weighted by Crippen LogP contribution is -2.40. The molecule has 1 unspecified atom stereocenters. The first-order valence-electron chi connectivity index (χ1n) is 9.61. The van der Waals surface area contributed by atoms with Crippen LogP contribution >= 0.6 is 0 Å². The van der Waals surface area contributed by atoms with Gasteiger partial charge in [0.25, 0.3) is 0 Å². The van der Waals surface area contributed by atoms with Crippen LogP contribution in [0, 0.1) is 16.6 Å². The number of halogens is 1. The zero-order chi connectivity index (χ0) is 19.6. The Bertz CT molecular complexity index is 917. The summed E-state index contributed by atoms with van der Waals surface area (Å²) < 4.78 is 20.3. The fourth-order valence-electron chi connectivity index (χ4n) is 4.50. The van der Waals surface area contributed by atoms with Gasteiger partial charge in [-0.15, -0.1) is 0 Å². The maximum Gasteiger partial charge on any atom is 0.168 e. The van der Waals surface area contributed by atoms with Gasteiger partial charge in [0.2, 0.25) is 0 Å². The van der Waals surface area contributed by atoms with Crippen LogP contribution in [0.1, 0.15) is 64.9 Å². The number of rotatable bonds is 1. The van der Waals surface area contributed by atoms with E-state index in [0.29, 0.717) is 53.9 Å². The predicted octanol–water partition coefficient (Wildman–Crippen LogP) is 5.23. The first-order chi connectivity index (χ1) is 12.6. The molecule has 4 heteroatoms. The van der Waals surface area contributed by atoms with Gasteiger partial charge in [0.15, 0.2) is 11.6 Å². The van der Waals surface area contributed by atoms with E-state index in [4.69, 9.17) is 4.74 Å². The number of hydrogen-bond acceptors (Lipinski definition) is 3. The number of ether oxygens (including phenoxy) is 1. The molecule has 3 aliphatic rings. The van der Waals surface area contributed by atoms with Crippen molar-refractivity contribution in [2.45, 2.75) is 59.3 Å². The standard InChI is InChI=1S/C23H25FO3/c1-22(2)11-9-16-19(20(22)26)17(13-6-5-7-14(24)12-13)18-15(25)8-10-23(3,4)21(18)27-16/h5-7,12,17H,8-11H2,1-4H3. The van der Waals surface area contributed by atoms with E-state index in [1.807, 2.05) is 13.8 Å². The predicted molar refractivity (Wildman–Crippen MR) is 100 cm³/mol. The molecule has 142 valence electrons. The molecular weight excluding hydrogens is 343 g/mol. The molecule has 27 heavy (non-hydrogen) atoms. The van der Waals surface area contributed by atoms with Crippen LogP contribution in [0.25, 0.3) is 0 Å². The summed E-state index contributed by atoms with van der Waals surface area (Å²) in [6.07, 6.45) is 2.49. The highest BCUT2D eigenvalue weighted by molar-refractivity contribution is 6.07. The molecule has 4 rings (SSSR count). The zero-order valence-corrected chi connectivity index (χ0v) is 16.3. The molecule has 1 aromatic carbocycles. The van der Waals surface area contributed by atoms with E-state index in [2.05, 4.69) is 13.8 Å². The second-order valence-electron chi connectivity index (χ2n) is 9.19. The van der Waals surface area contributed by atoms with E-state index in [0.717, 1.165) is 0 Å². The summed E-state index contributed by atoms with van der Waals surface area (Å²) in [6, 6.07) is 6.26. The molecule has 0 bridgehead atoms. The fourth-order valence-corrected chi connectivity index (χ4v) is 4.50. The van der Waals surface area contributed by atoms with Gasteiger partial charge in [0, 0.05) is 40.7 Å². The molecule has 1 heterocycles. The van der Waals surface area contributed by atoms with Crippen molar-refractivity contribution in [3.05, 3.63) is 58.3 Å². The Morgan fingerprint density at radius 1 is 1.00 bits per heavy atom. The molecule has 0 saturated carbocycles. The second-order valence-corrected chi connectivity index (χ2v) is 9.19. The van der Waals surface area contributed by atoms with Gasteiger partial charge in [-0.3, -0.25) is 9.59 Å². The minimum Gasteiger partial charge on any atom is -0.465 e. The summed E-state index contributed by atoms with van der Waals surface area (Å²) in [6.45, 7) is 7.99. The van der Waals surface area contributed by atoms with Crippen molar-refractivity contribution in [3.8, 4) is 0 Å². The number of hydrogen-bond donors (Lipinski definition) is 0. The molecule has 1 atom stereocenters. The van der Waals surface area contributed by atoms with Crippen LogP contribution in [0.3, 0.4) is 0 Å². The van der Waals surface area contributed by atoms with Gasteiger partial charge < -0.3 is 4.74 Å². The third kappa shape index (κ3) is 2.77. The maximum absolute atomic E-state index is 14.0. The second kappa shape index (κ2) is 5.88. The monoisotopic (exact) mass is 368 g/mol. The van der Waals surface area contributed by atoms with Gasteiger partial charge in [-0.1, -0.05) is 39.8 Å². The highest BCUT2D eigenvalue weighted by atomic mass is 19.1. The molecule has 0 saturated heterocycles. The van der Waals surface area contributed by atoms with Crippen molar-refractivity contribution in [2.24, 2.45) is 10.8 Å². The number of allylic oxidation sites excluding steroid dienone is 4. The van der Waals surface area contributed by atoms with Gasteiger partial charge in [-0.05, 0) is 30.5 Å². The highest BCUT2D eigenvalue weighted by Gasteiger charge is 2.50. The molecule has 3 nitrogen and oxygen atoms in total. The van der Waals surface area contributed by atoms with Crippen LogP contribution in [-0.4, -0.2) is 11.6 Å². The van der Waals surface area contributed by atoms with Crippen molar-refractivity contribution in [3.63, 3.8) is 0 Å². The Labute approximate surface area is 159 Å². The minimum absolute atomic E-state index is 0.000686. The molecule has 0 amide bonds. The first-order valence-corrected chi connectivity index (χ1v) is 9.61. The lowest BCUT2D eigenvalue weighted by molar-refractivity contribution is -0.125. The van der Waals surface area contributed by atoms with Crippen molar-refractivity contribution >= 4 is 11.6 Å². The van der Waals surface area contributed by atoms with E-state index >= 15 is 0 Å². The van der Waals surface area contributed by atoms with E-state index < -0.39 is 11.3 Å². The lowest BCUT2D eigenvalue weighted by Gasteiger charge is -2.44.